The minimum Gasteiger partial charge on any atom is -0.381 e. The molecule has 7 nitrogen and oxygen atoms in total. The van der Waals surface area contributed by atoms with Crippen molar-refractivity contribution in [2.24, 2.45) is 12.5 Å². The fourth-order valence-corrected chi connectivity index (χ4v) is 5.61. The summed E-state index contributed by atoms with van der Waals surface area (Å²) in [6, 6.07) is 2.30. The molecule has 0 radical (unpaired) electrons. The van der Waals surface area contributed by atoms with Crippen LogP contribution >= 0.6 is 22.6 Å². The van der Waals surface area contributed by atoms with Gasteiger partial charge in [-0.25, -0.2) is 9.97 Å². The molecule has 1 aliphatic carbocycles. The van der Waals surface area contributed by atoms with Crippen molar-refractivity contribution in [1.29, 1.82) is 0 Å². The molecule has 1 saturated carbocycles. The van der Waals surface area contributed by atoms with Gasteiger partial charge in [0.1, 0.15) is 17.5 Å². The number of methoxy groups -OCH3 is 1. The van der Waals surface area contributed by atoms with Crippen molar-refractivity contribution in [2.75, 3.05) is 36.5 Å². The molecule has 2 aromatic rings. The Morgan fingerprint density at radius 2 is 1.97 bits per heavy atom. The van der Waals surface area contributed by atoms with E-state index in [1.54, 1.807) is 0 Å². The van der Waals surface area contributed by atoms with Crippen LogP contribution in [0.3, 0.4) is 0 Å². The van der Waals surface area contributed by atoms with Crippen LogP contribution in [0.4, 0.5) is 11.6 Å². The molecule has 2 aliphatic heterocycles. The van der Waals surface area contributed by atoms with Gasteiger partial charge in [0.2, 0.25) is 0 Å². The first-order chi connectivity index (χ1) is 14.9. The zero-order valence-electron chi connectivity index (χ0n) is 19.1. The van der Waals surface area contributed by atoms with Gasteiger partial charge in [-0.2, -0.15) is 5.10 Å². The number of rotatable bonds is 5. The molecule has 5 rings (SSSR count). The minimum atomic E-state index is 0.0882. The van der Waals surface area contributed by atoms with Gasteiger partial charge in [-0.3, -0.25) is 4.68 Å². The molecule has 31 heavy (non-hydrogen) atoms. The lowest BCUT2D eigenvalue weighted by Crippen LogP contribution is -2.50. The van der Waals surface area contributed by atoms with E-state index in [0.717, 1.165) is 55.1 Å². The predicted octanol–water partition coefficient (Wildman–Crippen LogP) is 3.84. The number of anilines is 2. The molecule has 0 unspecified atom stereocenters. The Kier molecular flexibility index (Phi) is 5.65. The topological polar surface area (TPSA) is 59.3 Å². The fourth-order valence-electron chi connectivity index (χ4n) is 5.27. The highest BCUT2D eigenvalue weighted by Crippen LogP contribution is 2.41. The third-order valence-corrected chi connectivity index (χ3v) is 7.80. The number of ether oxygens (including phenoxy) is 1. The van der Waals surface area contributed by atoms with E-state index < -0.39 is 0 Å². The number of hydrogen-bond donors (Lipinski definition) is 0. The molecule has 0 N–H and O–H groups in total. The van der Waals surface area contributed by atoms with Crippen LogP contribution in [0.15, 0.2) is 6.07 Å². The summed E-state index contributed by atoms with van der Waals surface area (Å²) in [6.07, 6.45) is 4.83. The number of halogens is 1. The van der Waals surface area contributed by atoms with E-state index in [4.69, 9.17) is 19.8 Å². The summed E-state index contributed by atoms with van der Waals surface area (Å²) < 4.78 is 8.68. The maximum absolute atomic E-state index is 5.78. The Bertz CT molecular complexity index is 969. The van der Waals surface area contributed by atoms with Crippen LogP contribution in [-0.2, 0) is 29.2 Å². The number of piperidine rings is 1. The number of aromatic nitrogens is 4. The zero-order valence-corrected chi connectivity index (χ0v) is 21.2. The molecular formula is C23H33IN6O. The van der Waals surface area contributed by atoms with Gasteiger partial charge in [-0.15, -0.1) is 0 Å². The highest BCUT2D eigenvalue weighted by molar-refractivity contribution is 14.1. The first-order valence-electron chi connectivity index (χ1n) is 11.4. The number of hydrogen-bond acceptors (Lipinski definition) is 6. The summed E-state index contributed by atoms with van der Waals surface area (Å²) in [6.45, 7) is 8.37. The number of fused-ring (bicyclic) bond motifs is 1. The molecule has 168 valence electrons. The van der Waals surface area contributed by atoms with Crippen molar-refractivity contribution in [3.8, 4) is 0 Å². The quantitative estimate of drug-likeness (QED) is 0.428. The third-order valence-electron chi connectivity index (χ3n) is 7.11. The Balaban J connectivity index is 1.47. The molecule has 3 aliphatic rings. The molecule has 0 spiro atoms. The zero-order chi connectivity index (χ0) is 21.8. The molecular weight excluding hydrogens is 503 g/mol. The van der Waals surface area contributed by atoms with Gasteiger partial charge in [-0.1, -0.05) is 36.4 Å². The average molecular weight is 536 g/mol. The van der Waals surface area contributed by atoms with Crippen molar-refractivity contribution < 1.29 is 4.74 Å². The number of nitrogens with zero attached hydrogens (tertiary/aromatic N) is 6. The molecule has 1 atom stereocenters. The number of alkyl halides is 1. The van der Waals surface area contributed by atoms with Crippen LogP contribution in [0.2, 0.25) is 0 Å². The Hall–Kier alpha value is -1.42. The molecule has 0 bridgehead atoms. The van der Waals surface area contributed by atoms with Crippen molar-refractivity contribution >= 4 is 34.2 Å². The molecule has 8 heteroatoms. The highest BCUT2D eigenvalue weighted by atomic mass is 127. The van der Waals surface area contributed by atoms with Gasteiger partial charge in [0.15, 0.2) is 0 Å². The number of aryl methyl sites for hydroxylation is 1. The summed E-state index contributed by atoms with van der Waals surface area (Å²) in [5.41, 5.74) is 3.86. The van der Waals surface area contributed by atoms with E-state index in [-0.39, 0.29) is 11.5 Å². The fraction of sp³-hybridized carbons (Fsp3) is 0.696. The predicted molar refractivity (Wildman–Crippen MR) is 131 cm³/mol. The summed E-state index contributed by atoms with van der Waals surface area (Å²) in [7, 11) is 3.91. The lowest BCUT2D eigenvalue weighted by molar-refractivity contribution is -0.00648. The first-order valence-corrected chi connectivity index (χ1v) is 12.9. The summed E-state index contributed by atoms with van der Waals surface area (Å²) >= 11 is 2.38. The van der Waals surface area contributed by atoms with E-state index in [2.05, 4.69) is 64.0 Å². The summed E-state index contributed by atoms with van der Waals surface area (Å²) in [5, 5.41) is 4.80. The molecule has 0 amide bonds. The van der Waals surface area contributed by atoms with E-state index in [1.165, 1.54) is 35.6 Å². The van der Waals surface area contributed by atoms with Gasteiger partial charge >= 0.3 is 0 Å². The van der Waals surface area contributed by atoms with Crippen LogP contribution in [-0.4, -0.2) is 52.6 Å². The van der Waals surface area contributed by atoms with Crippen LogP contribution in [0, 0.1) is 5.41 Å². The molecule has 2 aromatic heterocycles. The smallest absolute Gasteiger partial charge is 0.140 e. The van der Waals surface area contributed by atoms with Gasteiger partial charge in [0.05, 0.1) is 21.9 Å². The molecule has 1 saturated heterocycles. The Labute approximate surface area is 198 Å². The third kappa shape index (κ3) is 4.05. The van der Waals surface area contributed by atoms with E-state index in [0.29, 0.717) is 5.92 Å². The van der Waals surface area contributed by atoms with Crippen molar-refractivity contribution in [3.63, 3.8) is 0 Å². The second-order valence-electron chi connectivity index (χ2n) is 9.94. The van der Waals surface area contributed by atoms with Gasteiger partial charge in [0.25, 0.3) is 0 Å². The standard InChI is InChI=1S/C23H33IN6O/c1-23(2)14-30(10-8-19(23)31-4)22-16-13-29(9-7-17(16)25-20(12-24)26-22)21-11-18(15-5-6-15)27-28(21)3/h11,15,19H,5-10,12-14H2,1-4H3/t19-/m1/s1. The van der Waals surface area contributed by atoms with E-state index in [1.807, 2.05) is 7.11 Å². The van der Waals surface area contributed by atoms with Gasteiger partial charge in [0, 0.05) is 69.7 Å². The second-order valence-corrected chi connectivity index (χ2v) is 10.7. The van der Waals surface area contributed by atoms with Crippen LogP contribution in [0.5, 0.6) is 0 Å². The van der Waals surface area contributed by atoms with Crippen molar-refractivity contribution in [3.05, 3.63) is 28.8 Å². The van der Waals surface area contributed by atoms with E-state index >= 15 is 0 Å². The minimum absolute atomic E-state index is 0.0882. The Morgan fingerprint density at radius 1 is 1.16 bits per heavy atom. The second kappa shape index (κ2) is 8.17. The first kappa shape index (κ1) is 21.4. The summed E-state index contributed by atoms with van der Waals surface area (Å²) in [4.78, 5) is 14.9. The maximum Gasteiger partial charge on any atom is 0.140 e. The maximum atomic E-state index is 5.78. The lowest BCUT2D eigenvalue weighted by atomic mass is 9.81. The molecule has 0 aromatic carbocycles. The molecule has 2 fully saturated rings. The highest BCUT2D eigenvalue weighted by Gasteiger charge is 2.38. The van der Waals surface area contributed by atoms with Crippen molar-refractivity contribution in [1.82, 2.24) is 19.7 Å². The van der Waals surface area contributed by atoms with Crippen LogP contribution in [0.25, 0.3) is 0 Å². The van der Waals surface area contributed by atoms with E-state index in [9.17, 15) is 0 Å². The average Bonchev–Trinajstić information content (AvgIpc) is 3.53. The van der Waals surface area contributed by atoms with Crippen LogP contribution < -0.4 is 9.80 Å². The molecule has 4 heterocycles. The normalized spacial score (nSPS) is 23.2. The van der Waals surface area contributed by atoms with Gasteiger partial charge < -0.3 is 14.5 Å². The van der Waals surface area contributed by atoms with Gasteiger partial charge in [-0.05, 0) is 19.3 Å². The SMILES string of the molecule is CO[C@@H]1CCN(c2nc(CI)nc3c2CN(c2cc(C4CC4)nn2C)CC3)CC1(C)C. The Morgan fingerprint density at radius 3 is 2.65 bits per heavy atom. The van der Waals surface area contributed by atoms with Crippen molar-refractivity contribution in [2.45, 2.75) is 62.5 Å². The monoisotopic (exact) mass is 536 g/mol. The largest absolute Gasteiger partial charge is 0.381 e. The lowest BCUT2D eigenvalue weighted by Gasteiger charge is -2.45. The summed E-state index contributed by atoms with van der Waals surface area (Å²) in [5.74, 6) is 3.97. The van der Waals surface area contributed by atoms with Crippen LogP contribution in [0.1, 0.15) is 61.8 Å².